The van der Waals surface area contributed by atoms with Crippen molar-refractivity contribution in [1.29, 1.82) is 0 Å². The van der Waals surface area contributed by atoms with E-state index in [0.717, 1.165) is 18.1 Å². The monoisotopic (exact) mass is 273 g/mol. The molecule has 2 atom stereocenters. The summed E-state index contributed by atoms with van der Waals surface area (Å²) >= 11 is 1.25. The number of nitrogens with one attached hydrogen (secondary N) is 1. The van der Waals surface area contributed by atoms with Crippen LogP contribution in [0.5, 0.6) is 0 Å². The fourth-order valence-corrected chi connectivity index (χ4v) is 5.41. The minimum atomic E-state index is -3.30. The normalized spacial score (nSPS) is 29.7. The second kappa shape index (κ2) is 4.01. The number of hydrogen-bond acceptors (Lipinski definition) is 5. The third-order valence-electron chi connectivity index (χ3n) is 3.55. The van der Waals surface area contributed by atoms with Crippen LogP contribution in [0.4, 0.5) is 0 Å². The Morgan fingerprint density at radius 1 is 1.41 bits per heavy atom. The number of aryl methyl sites for hydroxylation is 1. The predicted molar refractivity (Wildman–Crippen MR) is 65.5 cm³/mol. The molecule has 0 radical (unpaired) electrons. The van der Waals surface area contributed by atoms with Crippen LogP contribution in [0.3, 0.4) is 0 Å². The first-order valence-corrected chi connectivity index (χ1v) is 7.96. The van der Waals surface area contributed by atoms with Crippen molar-refractivity contribution < 1.29 is 8.42 Å². The van der Waals surface area contributed by atoms with Crippen molar-refractivity contribution in [2.45, 2.75) is 11.1 Å². The molecule has 2 aliphatic rings. The Kier molecular flexibility index (Phi) is 2.73. The smallest absolute Gasteiger partial charge is 0.254 e. The lowest BCUT2D eigenvalue weighted by Crippen LogP contribution is -2.31. The molecule has 0 spiro atoms. The molecule has 1 N–H and O–H groups in total. The number of rotatable bonds is 2. The van der Waals surface area contributed by atoms with Crippen LogP contribution in [0.1, 0.15) is 5.01 Å². The summed E-state index contributed by atoms with van der Waals surface area (Å²) in [6, 6.07) is 0. The first-order valence-electron chi connectivity index (χ1n) is 5.70. The predicted octanol–water partition coefficient (Wildman–Crippen LogP) is 0.291. The summed E-state index contributed by atoms with van der Waals surface area (Å²) in [5.41, 5.74) is 0. The van der Waals surface area contributed by atoms with Crippen LogP contribution < -0.4 is 5.32 Å². The fourth-order valence-electron chi connectivity index (χ4n) is 2.60. The van der Waals surface area contributed by atoms with Crippen molar-refractivity contribution in [3.63, 3.8) is 0 Å². The zero-order chi connectivity index (χ0) is 12.0. The molecule has 3 heterocycles. The van der Waals surface area contributed by atoms with Gasteiger partial charge in [-0.1, -0.05) is 0 Å². The van der Waals surface area contributed by atoms with Crippen LogP contribution in [-0.2, 0) is 10.0 Å². The maximum Gasteiger partial charge on any atom is 0.254 e. The van der Waals surface area contributed by atoms with E-state index in [1.165, 1.54) is 17.5 Å². The van der Waals surface area contributed by atoms with E-state index in [1.807, 2.05) is 6.92 Å². The molecule has 0 aromatic carbocycles. The van der Waals surface area contributed by atoms with Gasteiger partial charge in [0.25, 0.3) is 10.0 Å². The highest BCUT2D eigenvalue weighted by Crippen LogP contribution is 2.32. The van der Waals surface area contributed by atoms with E-state index in [4.69, 9.17) is 0 Å². The molecular formula is C10H15N3O2S2. The number of sulfonamides is 1. The molecule has 0 unspecified atom stereocenters. The van der Waals surface area contributed by atoms with Crippen LogP contribution in [0.15, 0.2) is 10.4 Å². The molecule has 0 bridgehead atoms. The van der Waals surface area contributed by atoms with Crippen molar-refractivity contribution in [3.05, 3.63) is 11.2 Å². The van der Waals surface area contributed by atoms with Gasteiger partial charge < -0.3 is 5.32 Å². The standard InChI is InChI=1S/C10H15N3O2S2/c1-7-12-4-10(16-7)17(14,15)13-5-8-2-11-3-9(8)6-13/h4,8-9,11H,2-3,5-6H2,1H3/t8-,9+. The highest BCUT2D eigenvalue weighted by Gasteiger charge is 2.41. The zero-order valence-corrected chi connectivity index (χ0v) is 11.2. The van der Waals surface area contributed by atoms with Crippen LogP contribution >= 0.6 is 11.3 Å². The van der Waals surface area contributed by atoms with Gasteiger partial charge in [0.05, 0.1) is 11.2 Å². The minimum absolute atomic E-state index is 0.378. The van der Waals surface area contributed by atoms with Crippen LogP contribution in [0, 0.1) is 18.8 Å². The van der Waals surface area contributed by atoms with E-state index in [1.54, 1.807) is 4.31 Å². The van der Waals surface area contributed by atoms with E-state index >= 15 is 0 Å². The minimum Gasteiger partial charge on any atom is -0.316 e. The van der Waals surface area contributed by atoms with E-state index in [2.05, 4.69) is 10.3 Å². The lowest BCUT2D eigenvalue weighted by Gasteiger charge is -2.15. The van der Waals surface area contributed by atoms with Gasteiger partial charge in [-0.25, -0.2) is 13.4 Å². The van der Waals surface area contributed by atoms with Crippen molar-refractivity contribution in [3.8, 4) is 0 Å². The van der Waals surface area contributed by atoms with Crippen LogP contribution in [0.25, 0.3) is 0 Å². The molecule has 7 heteroatoms. The molecular weight excluding hydrogens is 258 g/mol. The highest BCUT2D eigenvalue weighted by atomic mass is 32.2. The van der Waals surface area contributed by atoms with Gasteiger partial charge >= 0.3 is 0 Å². The maximum absolute atomic E-state index is 12.4. The molecule has 0 amide bonds. The molecule has 94 valence electrons. The summed E-state index contributed by atoms with van der Waals surface area (Å²) < 4.78 is 26.7. The Bertz CT molecular complexity index is 513. The molecule has 2 saturated heterocycles. The summed E-state index contributed by atoms with van der Waals surface area (Å²) in [6.07, 6.45) is 1.47. The second-order valence-electron chi connectivity index (χ2n) is 4.70. The Labute approximate surface area is 105 Å². The number of fused-ring (bicyclic) bond motifs is 1. The van der Waals surface area contributed by atoms with Gasteiger partial charge in [-0.15, -0.1) is 11.3 Å². The maximum atomic E-state index is 12.4. The molecule has 5 nitrogen and oxygen atoms in total. The van der Waals surface area contributed by atoms with E-state index in [-0.39, 0.29) is 0 Å². The average Bonchev–Trinajstić information content (AvgIpc) is 2.89. The van der Waals surface area contributed by atoms with Gasteiger partial charge in [0.15, 0.2) is 4.21 Å². The third kappa shape index (κ3) is 1.91. The van der Waals surface area contributed by atoms with Crippen molar-refractivity contribution >= 4 is 21.4 Å². The summed E-state index contributed by atoms with van der Waals surface area (Å²) in [5, 5.41) is 4.10. The van der Waals surface area contributed by atoms with Gasteiger partial charge in [-0.2, -0.15) is 4.31 Å². The number of aromatic nitrogens is 1. The molecule has 17 heavy (non-hydrogen) atoms. The molecule has 0 aliphatic carbocycles. The van der Waals surface area contributed by atoms with Crippen molar-refractivity contribution in [2.75, 3.05) is 26.2 Å². The van der Waals surface area contributed by atoms with E-state index < -0.39 is 10.0 Å². The lowest BCUT2D eigenvalue weighted by atomic mass is 10.0. The fraction of sp³-hybridized carbons (Fsp3) is 0.700. The Balaban J connectivity index is 1.85. The van der Waals surface area contributed by atoms with Crippen LogP contribution in [-0.4, -0.2) is 43.9 Å². The molecule has 1 aromatic rings. The topological polar surface area (TPSA) is 62.3 Å². The van der Waals surface area contributed by atoms with Crippen molar-refractivity contribution in [2.24, 2.45) is 11.8 Å². The lowest BCUT2D eigenvalue weighted by molar-refractivity contribution is 0.449. The first kappa shape index (κ1) is 11.6. The van der Waals surface area contributed by atoms with Crippen molar-refractivity contribution in [1.82, 2.24) is 14.6 Å². The molecule has 1 aromatic heterocycles. The third-order valence-corrected chi connectivity index (χ3v) is 6.73. The number of hydrogen-bond donors (Lipinski definition) is 1. The Morgan fingerprint density at radius 3 is 2.59 bits per heavy atom. The number of thiazole rings is 1. The quantitative estimate of drug-likeness (QED) is 0.841. The Morgan fingerprint density at radius 2 is 2.06 bits per heavy atom. The van der Waals surface area contributed by atoms with Gasteiger partial charge in [-0.05, 0) is 31.8 Å². The van der Waals surface area contributed by atoms with Gasteiger partial charge in [-0.3, -0.25) is 0 Å². The Hall–Kier alpha value is -0.500. The highest BCUT2D eigenvalue weighted by molar-refractivity contribution is 7.91. The molecule has 2 fully saturated rings. The van der Waals surface area contributed by atoms with Gasteiger partial charge in [0, 0.05) is 13.1 Å². The van der Waals surface area contributed by atoms with Gasteiger partial charge in [0.2, 0.25) is 0 Å². The molecule has 2 aliphatic heterocycles. The zero-order valence-electron chi connectivity index (χ0n) is 9.59. The second-order valence-corrected chi connectivity index (χ2v) is 8.10. The van der Waals surface area contributed by atoms with E-state index in [0.29, 0.717) is 29.1 Å². The summed E-state index contributed by atoms with van der Waals surface area (Å²) in [6.45, 7) is 5.01. The summed E-state index contributed by atoms with van der Waals surface area (Å²) in [7, 11) is -3.30. The summed E-state index contributed by atoms with van der Waals surface area (Å²) in [5.74, 6) is 0.970. The largest absolute Gasteiger partial charge is 0.316 e. The average molecular weight is 273 g/mol. The first-order chi connectivity index (χ1) is 8.07. The summed E-state index contributed by atoms with van der Waals surface area (Å²) in [4.78, 5) is 4.03. The molecule has 3 rings (SSSR count). The SMILES string of the molecule is Cc1ncc(S(=O)(=O)N2C[C@H]3CNC[C@H]3C2)s1. The van der Waals surface area contributed by atoms with E-state index in [9.17, 15) is 8.42 Å². The number of nitrogens with zero attached hydrogens (tertiary/aromatic N) is 2. The van der Waals surface area contributed by atoms with Crippen LogP contribution in [0.2, 0.25) is 0 Å². The molecule has 0 saturated carbocycles. The van der Waals surface area contributed by atoms with Gasteiger partial charge in [0.1, 0.15) is 0 Å².